The van der Waals surface area contributed by atoms with Crippen LogP contribution in [0.4, 0.5) is 26.7 Å². The number of imide groups is 1. The lowest BCUT2D eigenvalue weighted by molar-refractivity contribution is -0.150. The molecule has 3 aromatic carbocycles. The Morgan fingerprint density at radius 2 is 1.24 bits per heavy atom. The second kappa shape index (κ2) is 23.1. The number of amides is 8. The Labute approximate surface area is 444 Å². The zero-order chi connectivity index (χ0) is 55.3. The van der Waals surface area contributed by atoms with Crippen LogP contribution in [0.3, 0.4) is 0 Å². The number of hydrogen-bond acceptors (Lipinski definition) is 11. The van der Waals surface area contributed by atoms with Gasteiger partial charge in [0.15, 0.2) is 0 Å². The minimum atomic E-state index is -1.51. The second-order valence-corrected chi connectivity index (χ2v) is 22.9. The molecule has 0 heterocycles. The molecule has 3 aromatic rings. The summed E-state index contributed by atoms with van der Waals surface area (Å²) in [5, 5.41) is 25.8. The number of alkyl carbamates (subject to hydrolysis) is 1. The molecule has 4 aliphatic rings. The third-order valence-electron chi connectivity index (χ3n) is 17.5. The molecule has 0 spiro atoms. The van der Waals surface area contributed by atoms with Crippen molar-refractivity contribution in [2.75, 3.05) is 22.9 Å². The fourth-order valence-electron chi connectivity index (χ4n) is 13.2. The van der Waals surface area contributed by atoms with Crippen LogP contribution in [-0.4, -0.2) is 77.4 Å². The molecule has 7 rings (SSSR count). The van der Waals surface area contributed by atoms with Gasteiger partial charge in [-0.05, 0) is 157 Å². The van der Waals surface area contributed by atoms with E-state index >= 15 is 0 Å². The van der Waals surface area contributed by atoms with E-state index in [0.717, 1.165) is 56.1 Å². The molecule has 2 saturated carbocycles. The van der Waals surface area contributed by atoms with Gasteiger partial charge in [-0.15, -0.1) is 0 Å². The van der Waals surface area contributed by atoms with E-state index in [2.05, 4.69) is 57.9 Å². The van der Waals surface area contributed by atoms with Crippen molar-refractivity contribution in [3.8, 4) is 0 Å². The highest BCUT2D eigenvalue weighted by Crippen LogP contribution is 2.60. The Hall–Kier alpha value is -7.02. The average molecular weight is 1050 g/mol. The number of aryl methyl sites for hydroxylation is 2. The van der Waals surface area contributed by atoms with E-state index in [-0.39, 0.29) is 54.6 Å². The van der Waals surface area contributed by atoms with Crippen molar-refractivity contribution < 1.29 is 48.2 Å². The predicted octanol–water partition coefficient (Wildman–Crippen LogP) is 6.20. The summed E-state index contributed by atoms with van der Waals surface area (Å²) in [6, 6.07) is 14.0. The Balaban J connectivity index is 0.965. The van der Waals surface area contributed by atoms with Crippen molar-refractivity contribution in [2.45, 2.75) is 161 Å². The quantitative estimate of drug-likeness (QED) is 0.0387. The first-order chi connectivity index (χ1) is 35.9. The number of urea groups is 1. The summed E-state index contributed by atoms with van der Waals surface area (Å²) in [6.07, 6.45) is 6.47. The maximum Gasteiger partial charge on any atom is 0.408 e. The van der Waals surface area contributed by atoms with Gasteiger partial charge in [0, 0.05) is 23.6 Å². The minimum absolute atomic E-state index is 0.0384. The number of nitrogens with two attached hydrogens (primary N) is 3. The Bertz CT molecular complexity index is 2730. The first-order valence-electron chi connectivity index (χ1n) is 26.7. The number of nitrogen functional groups attached to an aromatic ring is 1. The molecule has 0 saturated heterocycles. The molecule has 13 N–H and O–H groups in total. The molecule has 2 fully saturated rings. The number of carboxylic acids is 1. The molecule has 0 aliphatic heterocycles. The van der Waals surface area contributed by atoms with Crippen molar-refractivity contribution >= 4 is 64.7 Å². The fraction of sp³-hybridized carbons (Fsp3) is 0.544. The number of carbonyl (C=O) groups is 8. The molecule has 410 valence electrons. The number of aliphatic carboxylic acids is 1. The third kappa shape index (κ3) is 12.1. The number of hydrogen-bond donors (Lipinski definition) is 10. The van der Waals surface area contributed by atoms with E-state index in [1.165, 1.54) is 11.1 Å². The lowest BCUT2D eigenvalue weighted by atomic mass is 9.49. The van der Waals surface area contributed by atoms with Gasteiger partial charge < -0.3 is 53.6 Å². The molecular weight excluding hydrogens is 971 g/mol. The molecule has 0 bridgehead atoms. The molecule has 0 aromatic heterocycles. The number of primary amides is 1. The number of carboxylic acid groups (broad SMARTS) is 1. The van der Waals surface area contributed by atoms with Crippen molar-refractivity contribution in [1.29, 1.82) is 0 Å². The van der Waals surface area contributed by atoms with Gasteiger partial charge in [-0.25, -0.2) is 9.59 Å². The van der Waals surface area contributed by atoms with E-state index in [1.807, 2.05) is 32.0 Å². The lowest BCUT2D eigenvalue weighted by Crippen LogP contribution is -2.60. The summed E-state index contributed by atoms with van der Waals surface area (Å²) < 4.78 is 5.38. The van der Waals surface area contributed by atoms with E-state index in [9.17, 15) is 43.5 Å². The maximum absolute atomic E-state index is 14.7. The number of ether oxygens (including phenoxy) is 1. The summed E-state index contributed by atoms with van der Waals surface area (Å²) in [5.41, 5.74) is 21.6. The van der Waals surface area contributed by atoms with Crippen molar-refractivity contribution in [3.05, 3.63) is 88.5 Å². The van der Waals surface area contributed by atoms with Crippen LogP contribution in [0, 0.1) is 28.6 Å². The number of benzene rings is 3. The van der Waals surface area contributed by atoms with E-state index in [1.54, 1.807) is 44.2 Å². The number of anilines is 3. The molecule has 19 heteroatoms. The molecule has 4 aliphatic carbocycles. The summed E-state index contributed by atoms with van der Waals surface area (Å²) in [7, 11) is 0. The van der Waals surface area contributed by atoms with Crippen LogP contribution in [0.15, 0.2) is 60.7 Å². The van der Waals surface area contributed by atoms with Gasteiger partial charge in [-0.2, -0.15) is 0 Å². The van der Waals surface area contributed by atoms with Crippen LogP contribution in [0.2, 0.25) is 0 Å². The molecular formula is C57H77N9O10. The van der Waals surface area contributed by atoms with Gasteiger partial charge in [-0.1, -0.05) is 78.6 Å². The molecule has 3 unspecified atom stereocenters. The van der Waals surface area contributed by atoms with Crippen LogP contribution < -0.4 is 49.1 Å². The highest BCUT2D eigenvalue weighted by Gasteiger charge is 2.58. The SMILES string of the molecule is CC(C)C(N)C(=O)NC(CCCNC(N)=O)C(=O)Nc1ccc(COC(=O)NC(CC(=O)O)C(=O)Nc2ccc3c(c2)[C@@]2(C)CCC[C@](C)(C(=O)NC(=O)[C@@]4(C)CCC[C@]5(C)c6cc(N)ccc6CC[C@@H]45)[C@@H]2CC3)cc1. The van der Waals surface area contributed by atoms with E-state index in [0.29, 0.717) is 48.3 Å². The van der Waals surface area contributed by atoms with E-state index < -0.39 is 76.6 Å². The van der Waals surface area contributed by atoms with Gasteiger partial charge >= 0.3 is 18.1 Å². The summed E-state index contributed by atoms with van der Waals surface area (Å²) in [5.74, 6) is -3.87. The van der Waals surface area contributed by atoms with Gasteiger partial charge in [0.25, 0.3) is 0 Å². The predicted molar refractivity (Wildman–Crippen MR) is 287 cm³/mol. The van der Waals surface area contributed by atoms with Crippen LogP contribution in [0.25, 0.3) is 0 Å². The maximum atomic E-state index is 14.7. The first kappa shape index (κ1) is 56.7. The summed E-state index contributed by atoms with van der Waals surface area (Å²) >= 11 is 0. The topological polar surface area (TPSA) is 316 Å². The van der Waals surface area contributed by atoms with Crippen molar-refractivity contribution in [3.63, 3.8) is 0 Å². The standard InChI is InChI=1S/C57H77N9O10/c1-32(2)46(59)49(71)64-41(10-7-27-61-52(60)74)47(69)62-37-18-11-33(12-19-37)31-76-53(75)65-42(30-45(67)68)48(70)63-38-20-14-35-16-22-44-55(4,40(35)29-38)24-9-26-57(44,6)51(73)66-50(72)56(5)25-8-23-54(3)39-28-36(58)17-13-34(39)15-21-43(54)56/h11-14,17-20,28-29,32,41-44,46H,7-10,15-16,21-27,30-31,58-59H2,1-6H3,(H,62,69)(H,63,70)(H,64,71)(H,65,75)(H,67,68)(H3,60,61,74)(H,66,72,73)/t41?,42?,43-,44-,46?,54-,55-,56+,57+/m1/s1. The highest BCUT2D eigenvalue weighted by atomic mass is 16.5. The Kier molecular flexibility index (Phi) is 17.2. The summed E-state index contributed by atoms with van der Waals surface area (Å²) in [4.78, 5) is 105. The first-order valence-corrected chi connectivity index (χ1v) is 26.7. The molecule has 19 nitrogen and oxygen atoms in total. The van der Waals surface area contributed by atoms with Gasteiger partial charge in [0.05, 0.1) is 23.3 Å². The van der Waals surface area contributed by atoms with E-state index in [4.69, 9.17) is 21.9 Å². The normalized spacial score (nSPS) is 25.5. The highest BCUT2D eigenvalue weighted by molar-refractivity contribution is 6.01. The smallest absolute Gasteiger partial charge is 0.408 e. The minimum Gasteiger partial charge on any atom is -0.481 e. The molecule has 0 radical (unpaired) electrons. The monoisotopic (exact) mass is 1050 g/mol. The Morgan fingerprint density at radius 1 is 0.697 bits per heavy atom. The van der Waals surface area contributed by atoms with Crippen molar-refractivity contribution in [1.82, 2.24) is 21.3 Å². The lowest BCUT2D eigenvalue weighted by Gasteiger charge is -2.56. The molecule has 76 heavy (non-hydrogen) atoms. The van der Waals surface area contributed by atoms with Crippen LogP contribution >= 0.6 is 0 Å². The van der Waals surface area contributed by atoms with Gasteiger partial charge in [-0.3, -0.25) is 34.1 Å². The number of fused-ring (bicyclic) bond motifs is 6. The zero-order valence-electron chi connectivity index (χ0n) is 44.7. The number of nitrogens with one attached hydrogen (secondary N) is 6. The van der Waals surface area contributed by atoms with Crippen LogP contribution in [0.5, 0.6) is 0 Å². The fourth-order valence-corrected chi connectivity index (χ4v) is 13.2. The second-order valence-electron chi connectivity index (χ2n) is 22.9. The molecule has 8 amide bonds. The summed E-state index contributed by atoms with van der Waals surface area (Å²) in [6.45, 7) is 11.9. The zero-order valence-corrected chi connectivity index (χ0v) is 44.7. The number of carbonyl (C=O) groups excluding carboxylic acids is 7. The van der Waals surface area contributed by atoms with Crippen molar-refractivity contribution in [2.24, 2.45) is 40.1 Å². The third-order valence-corrected chi connectivity index (χ3v) is 17.5. The largest absolute Gasteiger partial charge is 0.481 e. The molecule has 9 atom stereocenters. The van der Waals surface area contributed by atoms with Crippen LogP contribution in [-0.2, 0) is 63.8 Å². The number of rotatable bonds is 18. The van der Waals surface area contributed by atoms with Gasteiger partial charge in [0.1, 0.15) is 18.7 Å². The van der Waals surface area contributed by atoms with Crippen LogP contribution in [0.1, 0.15) is 140 Å². The van der Waals surface area contributed by atoms with Gasteiger partial charge in [0.2, 0.25) is 29.5 Å². The average Bonchev–Trinajstić information content (AvgIpc) is 3.47. The Morgan fingerprint density at radius 3 is 1.80 bits per heavy atom.